The third-order valence-corrected chi connectivity index (χ3v) is 3.55. The summed E-state index contributed by atoms with van der Waals surface area (Å²) in [6, 6.07) is 6.95. The van der Waals surface area contributed by atoms with Gasteiger partial charge in [-0.3, -0.25) is 4.79 Å². The van der Waals surface area contributed by atoms with Crippen LogP contribution >= 0.6 is 0 Å². The number of ether oxygens (including phenoxy) is 1. The maximum atomic E-state index is 11.7. The van der Waals surface area contributed by atoms with Crippen LogP contribution in [0.4, 0.5) is 4.79 Å². The molecule has 0 aliphatic rings. The molecule has 0 aliphatic carbocycles. The van der Waals surface area contributed by atoms with Crippen molar-refractivity contribution in [3.63, 3.8) is 0 Å². The van der Waals surface area contributed by atoms with Crippen molar-refractivity contribution in [1.82, 2.24) is 10.6 Å². The molecule has 1 aromatic rings. The second kappa shape index (κ2) is 7.52. The molecule has 0 aromatic heterocycles. The molecule has 2 amide bonds. The number of rotatable bonds is 7. The first kappa shape index (κ1) is 16.8. The van der Waals surface area contributed by atoms with Gasteiger partial charge in [-0.15, -0.1) is 0 Å². The first-order valence-corrected chi connectivity index (χ1v) is 6.79. The highest BCUT2D eigenvalue weighted by atomic mass is 16.5. The fraction of sp³-hybridized carbons (Fsp3) is 0.467. The zero-order valence-electron chi connectivity index (χ0n) is 12.6. The van der Waals surface area contributed by atoms with Crippen LogP contribution in [-0.4, -0.2) is 30.8 Å². The molecule has 0 aliphatic heterocycles. The third-order valence-electron chi connectivity index (χ3n) is 3.55. The van der Waals surface area contributed by atoms with Crippen LogP contribution in [-0.2, 0) is 11.3 Å². The molecule has 0 radical (unpaired) electrons. The number of carbonyl (C=O) groups is 2. The molecule has 1 atom stereocenters. The van der Waals surface area contributed by atoms with Crippen LogP contribution in [0.3, 0.4) is 0 Å². The summed E-state index contributed by atoms with van der Waals surface area (Å²) >= 11 is 0. The zero-order chi connectivity index (χ0) is 15.9. The molecule has 0 saturated heterocycles. The number of carbonyl (C=O) groups excluding carboxylic acids is 1. The van der Waals surface area contributed by atoms with E-state index in [1.807, 2.05) is 24.3 Å². The van der Waals surface area contributed by atoms with Gasteiger partial charge in [0.1, 0.15) is 5.75 Å². The third kappa shape index (κ3) is 4.98. The van der Waals surface area contributed by atoms with Crippen LogP contribution in [0.25, 0.3) is 0 Å². The van der Waals surface area contributed by atoms with Crippen molar-refractivity contribution in [2.75, 3.05) is 13.7 Å². The summed E-state index contributed by atoms with van der Waals surface area (Å²) in [6.07, 6.45) is 0.446. The molecule has 3 N–H and O–H groups in total. The number of aliphatic carboxylic acids is 1. The average Bonchev–Trinajstić information content (AvgIpc) is 2.50. The van der Waals surface area contributed by atoms with Crippen LogP contribution in [0.1, 0.15) is 25.8 Å². The van der Waals surface area contributed by atoms with Gasteiger partial charge in [0.2, 0.25) is 0 Å². The Morgan fingerprint density at radius 3 is 2.33 bits per heavy atom. The normalized spacial score (nSPS) is 13.1. The fourth-order valence-corrected chi connectivity index (χ4v) is 1.62. The summed E-state index contributed by atoms with van der Waals surface area (Å²) in [5.74, 6) is -0.163. The maximum Gasteiger partial charge on any atom is 0.315 e. The molecule has 1 rings (SSSR count). The minimum Gasteiger partial charge on any atom is -0.497 e. The Morgan fingerprint density at radius 2 is 1.86 bits per heavy atom. The van der Waals surface area contributed by atoms with E-state index < -0.39 is 11.4 Å². The van der Waals surface area contributed by atoms with Gasteiger partial charge in [-0.25, -0.2) is 4.79 Å². The van der Waals surface area contributed by atoms with E-state index in [9.17, 15) is 9.59 Å². The largest absolute Gasteiger partial charge is 0.497 e. The predicted molar refractivity (Wildman–Crippen MR) is 79.3 cm³/mol. The number of methoxy groups -OCH3 is 1. The molecule has 1 aromatic carbocycles. The van der Waals surface area contributed by atoms with Crippen LogP contribution in [0.15, 0.2) is 24.3 Å². The van der Waals surface area contributed by atoms with Gasteiger partial charge in [0, 0.05) is 13.1 Å². The molecule has 1 unspecified atom stereocenters. The fourth-order valence-electron chi connectivity index (χ4n) is 1.62. The van der Waals surface area contributed by atoms with Crippen molar-refractivity contribution in [2.45, 2.75) is 26.8 Å². The first-order valence-electron chi connectivity index (χ1n) is 6.79. The van der Waals surface area contributed by atoms with Crippen LogP contribution in [0.5, 0.6) is 5.75 Å². The van der Waals surface area contributed by atoms with Gasteiger partial charge in [-0.05, 0) is 31.0 Å². The lowest BCUT2D eigenvalue weighted by Crippen LogP contribution is -2.44. The molecule has 6 nitrogen and oxygen atoms in total. The van der Waals surface area contributed by atoms with Gasteiger partial charge in [-0.1, -0.05) is 19.1 Å². The molecule has 21 heavy (non-hydrogen) atoms. The molecule has 0 spiro atoms. The maximum absolute atomic E-state index is 11.7. The summed E-state index contributed by atoms with van der Waals surface area (Å²) in [7, 11) is 1.59. The summed E-state index contributed by atoms with van der Waals surface area (Å²) in [4.78, 5) is 22.8. The molecular formula is C15H22N2O4. The number of carboxylic acid groups (broad SMARTS) is 1. The summed E-state index contributed by atoms with van der Waals surface area (Å²) < 4.78 is 5.05. The predicted octanol–water partition coefficient (Wildman–Crippen LogP) is 2.00. The smallest absolute Gasteiger partial charge is 0.315 e. The molecule has 0 fully saturated rings. The Labute approximate surface area is 124 Å². The Morgan fingerprint density at radius 1 is 1.24 bits per heavy atom. The number of nitrogens with one attached hydrogen (secondary N) is 2. The number of hydrogen-bond acceptors (Lipinski definition) is 3. The van der Waals surface area contributed by atoms with Gasteiger partial charge >= 0.3 is 12.0 Å². The summed E-state index contributed by atoms with van der Waals surface area (Å²) in [5, 5.41) is 14.4. The van der Waals surface area contributed by atoms with Crippen LogP contribution in [0.2, 0.25) is 0 Å². The van der Waals surface area contributed by atoms with Crippen molar-refractivity contribution < 1.29 is 19.4 Å². The SMILES string of the molecule is CCC(C)(CNC(=O)NCc1ccc(OC)cc1)C(=O)O. The van der Waals surface area contributed by atoms with Crippen molar-refractivity contribution >= 4 is 12.0 Å². The van der Waals surface area contributed by atoms with E-state index in [1.165, 1.54) is 0 Å². The van der Waals surface area contributed by atoms with Gasteiger partial charge < -0.3 is 20.5 Å². The van der Waals surface area contributed by atoms with E-state index >= 15 is 0 Å². The van der Waals surface area contributed by atoms with E-state index in [0.717, 1.165) is 11.3 Å². The van der Waals surface area contributed by atoms with Crippen molar-refractivity contribution in [3.05, 3.63) is 29.8 Å². The molecule has 0 bridgehead atoms. The van der Waals surface area contributed by atoms with Crippen LogP contribution in [0, 0.1) is 5.41 Å². The number of carboxylic acids is 1. The lowest BCUT2D eigenvalue weighted by molar-refractivity contribution is -0.147. The minimum absolute atomic E-state index is 0.0906. The quantitative estimate of drug-likeness (QED) is 0.717. The lowest BCUT2D eigenvalue weighted by atomic mass is 9.88. The Balaban J connectivity index is 2.41. The highest BCUT2D eigenvalue weighted by Crippen LogP contribution is 2.19. The second-order valence-corrected chi connectivity index (χ2v) is 5.10. The molecular weight excluding hydrogens is 272 g/mol. The first-order chi connectivity index (χ1) is 9.91. The highest BCUT2D eigenvalue weighted by Gasteiger charge is 2.31. The van der Waals surface area contributed by atoms with E-state index in [2.05, 4.69) is 10.6 Å². The van der Waals surface area contributed by atoms with Crippen molar-refractivity contribution in [1.29, 1.82) is 0 Å². The van der Waals surface area contributed by atoms with E-state index in [4.69, 9.17) is 9.84 Å². The second-order valence-electron chi connectivity index (χ2n) is 5.10. The van der Waals surface area contributed by atoms with Gasteiger partial charge in [0.15, 0.2) is 0 Å². The topological polar surface area (TPSA) is 87.7 Å². The van der Waals surface area contributed by atoms with Crippen LogP contribution < -0.4 is 15.4 Å². The number of urea groups is 1. The summed E-state index contributed by atoms with van der Waals surface area (Å²) in [5.41, 5.74) is -0.0142. The van der Waals surface area contributed by atoms with Crippen molar-refractivity contribution in [3.8, 4) is 5.75 Å². The van der Waals surface area contributed by atoms with Gasteiger partial charge in [-0.2, -0.15) is 0 Å². The van der Waals surface area contributed by atoms with E-state index in [-0.39, 0.29) is 12.6 Å². The Kier molecular flexibility index (Phi) is 6.02. The zero-order valence-corrected chi connectivity index (χ0v) is 12.6. The molecule has 6 heteroatoms. The number of hydrogen-bond donors (Lipinski definition) is 3. The lowest BCUT2D eigenvalue weighted by Gasteiger charge is -2.23. The molecule has 0 heterocycles. The van der Waals surface area contributed by atoms with Gasteiger partial charge in [0.25, 0.3) is 0 Å². The minimum atomic E-state index is -0.947. The monoisotopic (exact) mass is 294 g/mol. The summed E-state index contributed by atoms with van der Waals surface area (Å²) in [6.45, 7) is 3.85. The number of benzene rings is 1. The number of amides is 2. The van der Waals surface area contributed by atoms with E-state index in [0.29, 0.717) is 13.0 Å². The molecule has 116 valence electrons. The highest BCUT2D eigenvalue weighted by molar-refractivity contribution is 5.77. The standard InChI is InChI=1S/C15H22N2O4/c1-4-15(2,13(18)19)10-17-14(20)16-9-11-5-7-12(21-3)8-6-11/h5-8H,4,9-10H2,1-3H3,(H,18,19)(H2,16,17,20). The van der Waals surface area contributed by atoms with Crippen molar-refractivity contribution in [2.24, 2.45) is 5.41 Å². The Hall–Kier alpha value is -2.24. The molecule has 0 saturated carbocycles. The van der Waals surface area contributed by atoms with E-state index in [1.54, 1.807) is 21.0 Å². The Bertz CT molecular complexity index is 487. The average molecular weight is 294 g/mol. The van der Waals surface area contributed by atoms with Gasteiger partial charge in [0.05, 0.1) is 12.5 Å².